The summed E-state index contributed by atoms with van der Waals surface area (Å²) >= 11 is 0. The summed E-state index contributed by atoms with van der Waals surface area (Å²) < 4.78 is 14.4. The summed E-state index contributed by atoms with van der Waals surface area (Å²) in [7, 11) is 0. The van der Waals surface area contributed by atoms with Crippen molar-refractivity contribution in [2.75, 3.05) is 0 Å². The molecular formula is C18H15FN2O2. The highest BCUT2D eigenvalue weighted by Gasteiger charge is 2.18. The van der Waals surface area contributed by atoms with Crippen LogP contribution in [0.3, 0.4) is 0 Å². The number of hydrogen-bond donors (Lipinski definition) is 1. The summed E-state index contributed by atoms with van der Waals surface area (Å²) in [5.41, 5.74) is 1.49. The Bertz CT molecular complexity index is 895. The lowest BCUT2D eigenvalue weighted by Gasteiger charge is -2.04. The Morgan fingerprint density at radius 2 is 1.91 bits per heavy atom. The van der Waals surface area contributed by atoms with Crippen LogP contribution < -0.4 is 0 Å². The van der Waals surface area contributed by atoms with Crippen LogP contribution >= 0.6 is 0 Å². The van der Waals surface area contributed by atoms with E-state index < -0.39 is 0 Å². The van der Waals surface area contributed by atoms with Gasteiger partial charge in [0.05, 0.1) is 17.4 Å². The lowest BCUT2D eigenvalue weighted by Crippen LogP contribution is -2.11. The number of aliphatic imine (C=N–C) groups is 1. The van der Waals surface area contributed by atoms with Crippen LogP contribution in [0.1, 0.15) is 23.8 Å². The highest BCUT2D eigenvalue weighted by atomic mass is 19.1. The van der Waals surface area contributed by atoms with Gasteiger partial charge in [0.15, 0.2) is 5.75 Å². The maximum atomic E-state index is 12.9. The number of nitrogens with zero attached hydrogens (tertiary/aromatic N) is 2. The third kappa shape index (κ3) is 2.73. The van der Waals surface area contributed by atoms with Crippen LogP contribution in [0, 0.1) is 5.82 Å². The zero-order valence-electron chi connectivity index (χ0n) is 12.5. The standard InChI is InChI=1S/C18H15FN2O2/c1-2-17(22)21-15-6-4-3-5-14(15)18(23)16(21)11-20-13-9-7-12(19)8-10-13/h3-11,23H,2H2,1H3. The average Bonchev–Trinajstić information content (AvgIpc) is 2.86. The zero-order chi connectivity index (χ0) is 16.4. The first-order chi connectivity index (χ1) is 11.1. The van der Waals surface area contributed by atoms with Crippen molar-refractivity contribution in [1.82, 2.24) is 4.57 Å². The van der Waals surface area contributed by atoms with E-state index in [0.29, 0.717) is 28.7 Å². The van der Waals surface area contributed by atoms with Crippen molar-refractivity contribution in [1.29, 1.82) is 0 Å². The van der Waals surface area contributed by atoms with Gasteiger partial charge in [-0.25, -0.2) is 4.39 Å². The van der Waals surface area contributed by atoms with Gasteiger partial charge in [0.1, 0.15) is 11.5 Å². The van der Waals surface area contributed by atoms with Crippen LogP contribution in [-0.4, -0.2) is 21.8 Å². The van der Waals surface area contributed by atoms with E-state index in [4.69, 9.17) is 0 Å². The molecule has 116 valence electrons. The Morgan fingerprint density at radius 1 is 1.22 bits per heavy atom. The van der Waals surface area contributed by atoms with Crippen molar-refractivity contribution >= 4 is 28.7 Å². The lowest BCUT2D eigenvalue weighted by atomic mass is 10.2. The van der Waals surface area contributed by atoms with Crippen molar-refractivity contribution in [2.45, 2.75) is 13.3 Å². The lowest BCUT2D eigenvalue weighted by molar-refractivity contribution is 0.0913. The molecular weight excluding hydrogens is 295 g/mol. The zero-order valence-corrected chi connectivity index (χ0v) is 12.5. The number of aromatic nitrogens is 1. The minimum atomic E-state index is -0.345. The van der Waals surface area contributed by atoms with E-state index >= 15 is 0 Å². The number of rotatable bonds is 3. The molecule has 0 amide bonds. The smallest absolute Gasteiger partial charge is 0.231 e. The SMILES string of the molecule is CCC(=O)n1c(C=Nc2ccc(F)cc2)c(O)c2ccccc21. The Labute approximate surface area is 132 Å². The first-order valence-electron chi connectivity index (χ1n) is 7.27. The van der Waals surface area contributed by atoms with E-state index in [9.17, 15) is 14.3 Å². The van der Waals surface area contributed by atoms with Gasteiger partial charge in [0.2, 0.25) is 5.91 Å². The topological polar surface area (TPSA) is 54.6 Å². The highest BCUT2D eigenvalue weighted by Crippen LogP contribution is 2.31. The van der Waals surface area contributed by atoms with E-state index in [-0.39, 0.29) is 17.5 Å². The van der Waals surface area contributed by atoms with E-state index in [1.54, 1.807) is 25.1 Å². The molecule has 0 fully saturated rings. The number of carbonyl (C=O) groups is 1. The van der Waals surface area contributed by atoms with E-state index in [1.807, 2.05) is 6.07 Å². The van der Waals surface area contributed by atoms with Crippen LogP contribution in [0.25, 0.3) is 10.9 Å². The number of fused-ring (bicyclic) bond motifs is 1. The molecule has 0 aliphatic rings. The quantitative estimate of drug-likeness (QED) is 0.734. The molecule has 0 spiro atoms. The molecule has 0 aliphatic heterocycles. The molecule has 4 nitrogen and oxygen atoms in total. The summed E-state index contributed by atoms with van der Waals surface area (Å²) in [4.78, 5) is 16.5. The molecule has 3 rings (SSSR count). The van der Waals surface area contributed by atoms with E-state index in [1.165, 1.54) is 35.0 Å². The average molecular weight is 310 g/mol. The molecule has 5 heteroatoms. The number of para-hydroxylation sites is 1. The number of carbonyl (C=O) groups excluding carboxylic acids is 1. The highest BCUT2D eigenvalue weighted by molar-refractivity contribution is 6.04. The van der Waals surface area contributed by atoms with Gasteiger partial charge in [-0.3, -0.25) is 14.4 Å². The fraction of sp³-hybridized carbons (Fsp3) is 0.111. The molecule has 0 unspecified atom stereocenters. The van der Waals surface area contributed by atoms with Crippen molar-refractivity contribution in [3.63, 3.8) is 0 Å². The predicted octanol–water partition coefficient (Wildman–Crippen LogP) is 4.29. The Hall–Kier alpha value is -2.95. The summed E-state index contributed by atoms with van der Waals surface area (Å²) in [5.74, 6) is -0.475. The van der Waals surface area contributed by atoms with E-state index in [2.05, 4.69) is 4.99 Å². The summed E-state index contributed by atoms with van der Waals surface area (Å²) in [5, 5.41) is 11.0. The van der Waals surface area contributed by atoms with Gasteiger partial charge in [-0.05, 0) is 36.4 Å². The maximum Gasteiger partial charge on any atom is 0.231 e. The second-order valence-electron chi connectivity index (χ2n) is 5.07. The van der Waals surface area contributed by atoms with Gasteiger partial charge in [-0.1, -0.05) is 19.1 Å². The number of benzene rings is 2. The van der Waals surface area contributed by atoms with Gasteiger partial charge < -0.3 is 5.11 Å². The van der Waals surface area contributed by atoms with Crippen molar-refractivity contribution in [2.24, 2.45) is 4.99 Å². The Kier molecular flexibility index (Phi) is 3.93. The molecule has 3 aromatic rings. The molecule has 1 N–H and O–H groups in total. The molecule has 0 saturated heterocycles. The maximum absolute atomic E-state index is 12.9. The predicted molar refractivity (Wildman–Crippen MR) is 88.2 cm³/mol. The second kappa shape index (κ2) is 6.04. The van der Waals surface area contributed by atoms with Crippen molar-refractivity contribution < 1.29 is 14.3 Å². The third-order valence-electron chi connectivity index (χ3n) is 3.60. The van der Waals surface area contributed by atoms with Crippen LogP contribution in [0.15, 0.2) is 53.5 Å². The second-order valence-corrected chi connectivity index (χ2v) is 5.07. The van der Waals surface area contributed by atoms with Gasteiger partial charge in [0.25, 0.3) is 0 Å². The first kappa shape index (κ1) is 15.0. The molecule has 2 aromatic carbocycles. The van der Waals surface area contributed by atoms with E-state index in [0.717, 1.165) is 0 Å². The van der Waals surface area contributed by atoms with Gasteiger partial charge in [0, 0.05) is 11.8 Å². The number of aromatic hydroxyl groups is 1. The molecule has 1 aromatic heterocycles. The summed E-state index contributed by atoms with van der Waals surface area (Å²) in [6.45, 7) is 1.76. The Morgan fingerprint density at radius 3 is 2.61 bits per heavy atom. The fourth-order valence-electron chi connectivity index (χ4n) is 2.45. The van der Waals surface area contributed by atoms with Gasteiger partial charge >= 0.3 is 0 Å². The molecule has 0 atom stereocenters. The number of halogens is 1. The summed E-state index contributed by atoms with van der Waals surface area (Å²) in [6.07, 6.45) is 1.73. The molecule has 0 aliphatic carbocycles. The minimum absolute atomic E-state index is 0.00765. The van der Waals surface area contributed by atoms with Crippen LogP contribution in [0.5, 0.6) is 5.75 Å². The molecule has 23 heavy (non-hydrogen) atoms. The van der Waals surface area contributed by atoms with Crippen molar-refractivity contribution in [3.8, 4) is 5.75 Å². The molecule has 0 radical (unpaired) electrons. The normalized spacial score (nSPS) is 11.4. The monoisotopic (exact) mass is 310 g/mol. The van der Waals surface area contributed by atoms with Crippen LogP contribution in [-0.2, 0) is 0 Å². The first-order valence-corrected chi connectivity index (χ1v) is 7.27. The van der Waals surface area contributed by atoms with Gasteiger partial charge in [-0.15, -0.1) is 0 Å². The van der Waals surface area contributed by atoms with Crippen LogP contribution in [0.4, 0.5) is 10.1 Å². The van der Waals surface area contributed by atoms with Gasteiger partial charge in [-0.2, -0.15) is 0 Å². The fourth-order valence-corrected chi connectivity index (χ4v) is 2.45. The molecule has 1 heterocycles. The summed E-state index contributed by atoms with van der Waals surface area (Å²) in [6, 6.07) is 12.8. The van der Waals surface area contributed by atoms with Crippen molar-refractivity contribution in [3.05, 3.63) is 60.0 Å². The molecule has 0 saturated carbocycles. The Balaban J connectivity index is 2.14. The third-order valence-corrected chi connectivity index (χ3v) is 3.60. The van der Waals surface area contributed by atoms with Crippen LogP contribution in [0.2, 0.25) is 0 Å². The minimum Gasteiger partial charge on any atom is -0.505 e. The largest absolute Gasteiger partial charge is 0.505 e. The molecule has 0 bridgehead atoms. The number of hydrogen-bond acceptors (Lipinski definition) is 3.